The number of nitrogens with one attached hydrogen (secondary N) is 1. The molecule has 1 aromatic rings. The quantitative estimate of drug-likeness (QED) is 0.426. The first-order valence-corrected chi connectivity index (χ1v) is 5.99. The van der Waals surface area contributed by atoms with E-state index in [9.17, 15) is 13.2 Å². The first kappa shape index (κ1) is 15.9. The highest BCUT2D eigenvalue weighted by Crippen LogP contribution is 2.14. The number of nitrogens with two attached hydrogens (primary N) is 1. The molecule has 0 fully saturated rings. The average Bonchev–Trinajstić information content (AvgIpc) is 2.73. The maximum absolute atomic E-state index is 11.9. The van der Waals surface area contributed by atoms with Crippen LogP contribution in [0.15, 0.2) is 12.4 Å². The molecule has 0 aliphatic rings. The van der Waals surface area contributed by atoms with Crippen molar-refractivity contribution in [1.29, 1.82) is 0 Å². The summed E-state index contributed by atoms with van der Waals surface area (Å²) in [6, 6.07) is -0.0755. The molecular formula is C11H19F3N4O. The van der Waals surface area contributed by atoms with Crippen molar-refractivity contribution in [2.24, 2.45) is 12.9 Å². The highest BCUT2D eigenvalue weighted by atomic mass is 19.4. The number of halogens is 3. The van der Waals surface area contributed by atoms with Gasteiger partial charge in [0.05, 0.1) is 6.20 Å². The molecule has 110 valence electrons. The van der Waals surface area contributed by atoms with Crippen LogP contribution in [0.1, 0.15) is 18.4 Å². The van der Waals surface area contributed by atoms with Crippen molar-refractivity contribution in [1.82, 2.24) is 15.2 Å². The van der Waals surface area contributed by atoms with Crippen molar-refractivity contribution in [3.05, 3.63) is 18.0 Å². The van der Waals surface area contributed by atoms with Gasteiger partial charge in [-0.2, -0.15) is 18.3 Å². The van der Waals surface area contributed by atoms with E-state index in [-0.39, 0.29) is 12.6 Å². The highest BCUT2D eigenvalue weighted by Gasteiger charge is 2.27. The normalized spacial score (nSPS) is 13.7. The molecule has 0 saturated heterocycles. The molecule has 0 radical (unpaired) electrons. The molecular weight excluding hydrogens is 261 g/mol. The predicted molar refractivity (Wildman–Crippen MR) is 64.1 cm³/mol. The fourth-order valence-corrected chi connectivity index (χ4v) is 1.67. The Hall–Kier alpha value is -1.12. The second-order valence-electron chi connectivity index (χ2n) is 4.38. The Morgan fingerprint density at radius 2 is 2.21 bits per heavy atom. The summed E-state index contributed by atoms with van der Waals surface area (Å²) in [5.74, 6) is 5.36. The molecule has 0 amide bonds. The van der Waals surface area contributed by atoms with E-state index in [4.69, 9.17) is 5.84 Å². The van der Waals surface area contributed by atoms with Crippen LogP contribution in [0.25, 0.3) is 0 Å². The summed E-state index contributed by atoms with van der Waals surface area (Å²) < 4.78 is 41.8. The third-order valence-electron chi connectivity index (χ3n) is 2.65. The maximum Gasteiger partial charge on any atom is 0.411 e. The molecule has 1 atom stereocenters. The summed E-state index contributed by atoms with van der Waals surface area (Å²) in [7, 11) is 1.83. The molecule has 8 heteroatoms. The standard InChI is InChI=1S/C11H19F3N4O/c1-18-7-9(6-16-18)2-3-10(17-15)4-5-19-8-11(12,13)14/h6-7,10,17H,2-5,8,15H2,1H3. The first-order valence-electron chi connectivity index (χ1n) is 5.99. The van der Waals surface area contributed by atoms with Crippen LogP contribution < -0.4 is 11.3 Å². The molecule has 3 N–H and O–H groups in total. The molecule has 1 rings (SSSR count). The van der Waals surface area contributed by atoms with Gasteiger partial charge in [0.15, 0.2) is 0 Å². The van der Waals surface area contributed by atoms with E-state index in [0.29, 0.717) is 6.42 Å². The number of hydrogen-bond acceptors (Lipinski definition) is 4. The summed E-state index contributed by atoms with van der Waals surface area (Å²) in [5.41, 5.74) is 3.66. The zero-order valence-corrected chi connectivity index (χ0v) is 10.8. The molecule has 19 heavy (non-hydrogen) atoms. The number of hydrazine groups is 1. The molecule has 0 aliphatic heterocycles. The van der Waals surface area contributed by atoms with Crippen LogP contribution in [-0.4, -0.2) is 35.2 Å². The summed E-state index contributed by atoms with van der Waals surface area (Å²) in [6.45, 7) is -1.19. The van der Waals surface area contributed by atoms with E-state index < -0.39 is 12.8 Å². The Labute approximate surface area is 109 Å². The van der Waals surface area contributed by atoms with Gasteiger partial charge in [-0.25, -0.2) is 0 Å². The van der Waals surface area contributed by atoms with Gasteiger partial charge in [0, 0.05) is 25.9 Å². The van der Waals surface area contributed by atoms with E-state index in [1.54, 1.807) is 10.9 Å². The summed E-state index contributed by atoms with van der Waals surface area (Å²) in [6.07, 6.45) is 1.30. The molecule has 1 unspecified atom stereocenters. The second-order valence-corrected chi connectivity index (χ2v) is 4.38. The van der Waals surface area contributed by atoms with E-state index in [2.05, 4.69) is 15.3 Å². The van der Waals surface area contributed by atoms with Crippen molar-refractivity contribution in [3.63, 3.8) is 0 Å². The van der Waals surface area contributed by atoms with Crippen LogP contribution in [0.2, 0.25) is 0 Å². The van der Waals surface area contributed by atoms with Gasteiger partial charge in [-0.3, -0.25) is 16.0 Å². The fraction of sp³-hybridized carbons (Fsp3) is 0.727. The molecule has 0 spiro atoms. The van der Waals surface area contributed by atoms with Crippen molar-refractivity contribution in [3.8, 4) is 0 Å². The van der Waals surface area contributed by atoms with Gasteiger partial charge in [-0.15, -0.1) is 0 Å². The van der Waals surface area contributed by atoms with Crippen molar-refractivity contribution in [2.45, 2.75) is 31.5 Å². The number of alkyl halides is 3. The Bertz CT molecular complexity index is 367. The number of aryl methyl sites for hydroxylation is 2. The first-order chi connectivity index (χ1) is 8.90. The lowest BCUT2D eigenvalue weighted by molar-refractivity contribution is -0.174. The van der Waals surface area contributed by atoms with Gasteiger partial charge in [-0.05, 0) is 24.8 Å². The SMILES string of the molecule is Cn1cc(CCC(CCOCC(F)(F)F)NN)cn1. The van der Waals surface area contributed by atoms with Gasteiger partial charge >= 0.3 is 6.18 Å². The van der Waals surface area contributed by atoms with E-state index in [1.165, 1.54) is 0 Å². The van der Waals surface area contributed by atoms with Gasteiger partial charge < -0.3 is 4.74 Å². The van der Waals surface area contributed by atoms with Crippen LogP contribution in [-0.2, 0) is 18.2 Å². The predicted octanol–water partition coefficient (Wildman–Crippen LogP) is 1.15. The van der Waals surface area contributed by atoms with Crippen molar-refractivity contribution < 1.29 is 17.9 Å². The molecule has 5 nitrogen and oxygen atoms in total. The Kier molecular flexibility index (Phi) is 6.26. The van der Waals surface area contributed by atoms with E-state index in [0.717, 1.165) is 18.4 Å². The topological polar surface area (TPSA) is 65.1 Å². The number of ether oxygens (including phenoxy) is 1. The second kappa shape index (κ2) is 7.46. The Morgan fingerprint density at radius 3 is 2.74 bits per heavy atom. The number of hydrogen-bond donors (Lipinski definition) is 2. The lowest BCUT2D eigenvalue weighted by atomic mass is 10.1. The molecule has 1 heterocycles. The summed E-state index contributed by atoms with van der Waals surface area (Å²) in [4.78, 5) is 0. The molecule has 0 aromatic carbocycles. The highest BCUT2D eigenvalue weighted by molar-refractivity contribution is 5.03. The number of aromatic nitrogens is 2. The van der Waals surface area contributed by atoms with Gasteiger partial charge in [-0.1, -0.05) is 0 Å². The van der Waals surface area contributed by atoms with Crippen molar-refractivity contribution in [2.75, 3.05) is 13.2 Å². The minimum Gasteiger partial charge on any atom is -0.372 e. The largest absolute Gasteiger partial charge is 0.411 e. The fourth-order valence-electron chi connectivity index (χ4n) is 1.67. The minimum atomic E-state index is -4.28. The van der Waals surface area contributed by atoms with Gasteiger partial charge in [0.25, 0.3) is 0 Å². The summed E-state index contributed by atoms with van der Waals surface area (Å²) >= 11 is 0. The zero-order valence-electron chi connectivity index (χ0n) is 10.8. The molecule has 0 saturated carbocycles. The zero-order chi connectivity index (χ0) is 14.3. The van der Waals surface area contributed by atoms with Crippen LogP contribution in [0, 0.1) is 0 Å². The van der Waals surface area contributed by atoms with Crippen LogP contribution in [0.3, 0.4) is 0 Å². The Morgan fingerprint density at radius 1 is 1.47 bits per heavy atom. The minimum absolute atomic E-state index is 0.0292. The van der Waals surface area contributed by atoms with Crippen LogP contribution in [0.4, 0.5) is 13.2 Å². The number of nitrogens with zero attached hydrogens (tertiary/aromatic N) is 2. The average molecular weight is 280 g/mol. The number of rotatable bonds is 8. The van der Waals surface area contributed by atoms with E-state index >= 15 is 0 Å². The monoisotopic (exact) mass is 280 g/mol. The smallest absolute Gasteiger partial charge is 0.372 e. The maximum atomic E-state index is 11.9. The third-order valence-corrected chi connectivity index (χ3v) is 2.65. The lowest BCUT2D eigenvalue weighted by Crippen LogP contribution is -2.36. The molecule has 1 aromatic heterocycles. The van der Waals surface area contributed by atoms with E-state index in [1.807, 2.05) is 13.2 Å². The Balaban J connectivity index is 2.19. The van der Waals surface area contributed by atoms with Crippen LogP contribution in [0.5, 0.6) is 0 Å². The lowest BCUT2D eigenvalue weighted by Gasteiger charge is -2.15. The molecule has 0 aliphatic carbocycles. The van der Waals surface area contributed by atoms with Crippen LogP contribution >= 0.6 is 0 Å². The molecule has 0 bridgehead atoms. The third kappa shape index (κ3) is 7.14. The van der Waals surface area contributed by atoms with Gasteiger partial charge in [0.1, 0.15) is 6.61 Å². The summed E-state index contributed by atoms with van der Waals surface area (Å²) in [5, 5.41) is 4.04. The van der Waals surface area contributed by atoms with Gasteiger partial charge in [0.2, 0.25) is 0 Å². The van der Waals surface area contributed by atoms with Crippen molar-refractivity contribution >= 4 is 0 Å².